The number of unbranched alkanes of at least 4 members (excludes halogenated alkanes) is 1. The molecule has 1 aliphatic heterocycles. The minimum Gasteiger partial charge on any atom is -0.503 e. The van der Waals surface area contributed by atoms with Crippen molar-refractivity contribution in [2.24, 2.45) is 0 Å². The Labute approximate surface area is 244 Å². The van der Waals surface area contributed by atoms with Crippen LogP contribution < -0.4 is 9.64 Å². The minimum absolute atomic E-state index is 0.0368. The molecule has 4 aromatic rings. The third-order valence-electron chi connectivity index (χ3n) is 6.26. The number of aromatic nitrogens is 2. The maximum Gasteiger partial charge on any atom is 0.296 e. The molecule has 1 unspecified atom stereocenters. The van der Waals surface area contributed by atoms with E-state index in [2.05, 4.69) is 17.1 Å². The van der Waals surface area contributed by atoms with Gasteiger partial charge in [0.1, 0.15) is 11.5 Å². The third-order valence-corrected chi connectivity index (χ3v) is 8.64. The lowest BCUT2D eigenvalue weighted by atomic mass is 9.95. The van der Waals surface area contributed by atoms with E-state index in [1.807, 2.05) is 24.3 Å². The lowest BCUT2D eigenvalue weighted by Crippen LogP contribution is -2.31. The highest BCUT2D eigenvalue weighted by molar-refractivity contribution is 8.00. The Bertz CT molecular complexity index is 1550. The summed E-state index contributed by atoms with van der Waals surface area (Å²) in [5.41, 5.74) is 1.59. The van der Waals surface area contributed by atoms with Gasteiger partial charge in [-0.2, -0.15) is 0 Å². The van der Waals surface area contributed by atoms with Gasteiger partial charge in [-0.05, 0) is 60.9 Å². The average molecular weight is 596 g/mol. The molecule has 1 N–H and O–H groups in total. The molecule has 11 heteroatoms. The second kappa shape index (κ2) is 12.3. The van der Waals surface area contributed by atoms with Crippen LogP contribution in [0, 0.1) is 6.92 Å². The summed E-state index contributed by atoms with van der Waals surface area (Å²) < 4.78 is 12.0. The van der Waals surface area contributed by atoms with Gasteiger partial charge < -0.3 is 14.3 Å². The highest BCUT2D eigenvalue weighted by Crippen LogP contribution is 2.44. The van der Waals surface area contributed by atoms with Crippen LogP contribution in [0.2, 0.25) is 5.02 Å². The monoisotopic (exact) mass is 595 g/mol. The Morgan fingerprint density at radius 1 is 1.12 bits per heavy atom. The first-order valence-corrected chi connectivity index (χ1v) is 14.8. The number of ketones is 1. The molecule has 2 aromatic heterocycles. The molecule has 1 atom stereocenters. The number of halogens is 1. The molecule has 5 rings (SSSR count). The molecule has 3 heterocycles. The Kier molecular flexibility index (Phi) is 8.58. The highest BCUT2D eigenvalue weighted by atomic mass is 35.5. The Morgan fingerprint density at radius 2 is 1.88 bits per heavy atom. The van der Waals surface area contributed by atoms with Crippen molar-refractivity contribution in [2.75, 3.05) is 11.5 Å². The number of aryl methyl sites for hydroxylation is 1. The molecule has 1 amide bonds. The van der Waals surface area contributed by atoms with Crippen molar-refractivity contribution in [1.29, 1.82) is 0 Å². The first kappa shape index (κ1) is 27.9. The molecule has 2 aromatic carbocycles. The number of carbonyl (C=O) groups excluding carboxylic acids is 2. The van der Waals surface area contributed by atoms with Crippen LogP contribution in [0.5, 0.6) is 5.75 Å². The van der Waals surface area contributed by atoms with Crippen LogP contribution in [0.15, 0.2) is 80.8 Å². The highest BCUT2D eigenvalue weighted by Gasteiger charge is 2.46. The van der Waals surface area contributed by atoms with Gasteiger partial charge in [-0.1, -0.05) is 72.3 Å². The van der Waals surface area contributed by atoms with Gasteiger partial charge in [-0.15, -0.1) is 10.2 Å². The van der Waals surface area contributed by atoms with E-state index in [4.69, 9.17) is 20.8 Å². The van der Waals surface area contributed by atoms with Gasteiger partial charge in [0.15, 0.2) is 15.9 Å². The Balaban J connectivity index is 1.46. The van der Waals surface area contributed by atoms with Crippen LogP contribution in [0.1, 0.15) is 53.2 Å². The Morgan fingerprint density at radius 3 is 2.55 bits per heavy atom. The van der Waals surface area contributed by atoms with Gasteiger partial charge in [0, 0.05) is 10.8 Å². The third kappa shape index (κ3) is 5.94. The number of amides is 1. The Hall–Kier alpha value is -3.60. The molecule has 0 fully saturated rings. The van der Waals surface area contributed by atoms with Gasteiger partial charge in [0.05, 0.1) is 18.2 Å². The van der Waals surface area contributed by atoms with Crippen molar-refractivity contribution in [3.8, 4) is 5.75 Å². The number of ether oxygens (including phenoxy) is 1. The summed E-state index contributed by atoms with van der Waals surface area (Å²) in [6.45, 7) is 4.40. The van der Waals surface area contributed by atoms with Crippen LogP contribution in [0.4, 0.5) is 5.13 Å². The van der Waals surface area contributed by atoms with Crippen molar-refractivity contribution in [3.63, 3.8) is 0 Å². The summed E-state index contributed by atoms with van der Waals surface area (Å²) in [5.74, 6) is -0.0587. The van der Waals surface area contributed by atoms with Gasteiger partial charge in [-0.25, -0.2) is 0 Å². The molecular formula is C29H26ClN3O5S2. The van der Waals surface area contributed by atoms with Crippen molar-refractivity contribution in [3.05, 3.63) is 99.7 Å². The smallest absolute Gasteiger partial charge is 0.296 e. The number of thioether (sulfide) groups is 1. The van der Waals surface area contributed by atoms with Gasteiger partial charge in [0.2, 0.25) is 10.9 Å². The molecular weight excluding hydrogens is 570 g/mol. The van der Waals surface area contributed by atoms with Crippen LogP contribution in [0.3, 0.4) is 0 Å². The van der Waals surface area contributed by atoms with Gasteiger partial charge >= 0.3 is 0 Å². The number of carbonyl (C=O) groups is 2. The lowest BCUT2D eigenvalue weighted by Gasteiger charge is -2.24. The fraction of sp³-hybridized carbons (Fsp3) is 0.241. The van der Waals surface area contributed by atoms with E-state index in [-0.39, 0.29) is 16.5 Å². The number of aliphatic hydroxyl groups excluding tert-OH is 1. The second-order valence-electron chi connectivity index (χ2n) is 9.12. The molecule has 40 heavy (non-hydrogen) atoms. The van der Waals surface area contributed by atoms with E-state index in [9.17, 15) is 14.7 Å². The number of anilines is 1. The first-order chi connectivity index (χ1) is 19.4. The standard InChI is InChI=1S/C29H26ClN3O5S2/c1-3-4-15-37-21-12-8-19(9-13-21)24-23(25(34)22-14-5-17(2)38-22)26(35)27(36)33(24)28-31-32-29(40-28)39-16-18-6-10-20(30)11-7-18/h5-14,24,35H,3-4,15-16H2,1-2H3. The van der Waals surface area contributed by atoms with E-state index in [0.29, 0.717) is 38.8 Å². The summed E-state index contributed by atoms with van der Waals surface area (Å²) in [6, 6.07) is 16.9. The quantitative estimate of drug-likeness (QED) is 0.0830. The van der Waals surface area contributed by atoms with Crippen LogP contribution in [-0.4, -0.2) is 33.6 Å². The van der Waals surface area contributed by atoms with Crippen molar-refractivity contribution in [1.82, 2.24) is 10.2 Å². The van der Waals surface area contributed by atoms with E-state index in [1.165, 1.54) is 34.1 Å². The number of rotatable bonds is 11. The first-order valence-electron chi connectivity index (χ1n) is 12.7. The maximum absolute atomic E-state index is 13.5. The molecule has 0 radical (unpaired) electrons. The fourth-order valence-corrected chi connectivity index (χ4v) is 6.15. The van der Waals surface area contributed by atoms with Crippen LogP contribution in [-0.2, 0) is 10.5 Å². The van der Waals surface area contributed by atoms with E-state index in [0.717, 1.165) is 18.4 Å². The van der Waals surface area contributed by atoms with Crippen LogP contribution in [0.25, 0.3) is 0 Å². The van der Waals surface area contributed by atoms with Gasteiger partial charge in [0.25, 0.3) is 5.91 Å². The van der Waals surface area contributed by atoms with Crippen LogP contribution >= 0.6 is 34.7 Å². The number of Topliss-reactive ketones (excluding diaryl/α,β-unsaturated/α-hetero) is 1. The molecule has 0 aliphatic carbocycles. The number of hydrogen-bond acceptors (Lipinski definition) is 9. The average Bonchev–Trinajstić information content (AvgIpc) is 3.67. The SMILES string of the molecule is CCCCOc1ccc(C2C(C(=O)c3ccc(C)o3)=C(O)C(=O)N2c2nnc(SCc3ccc(Cl)cc3)s2)cc1. The zero-order chi connectivity index (χ0) is 28.2. The van der Waals surface area contributed by atoms with Crippen molar-refractivity contribution >= 4 is 51.5 Å². The molecule has 0 spiro atoms. The van der Waals surface area contributed by atoms with E-state index in [1.54, 1.807) is 37.3 Å². The topological polar surface area (TPSA) is 106 Å². The zero-order valence-electron chi connectivity index (χ0n) is 21.8. The predicted octanol–water partition coefficient (Wildman–Crippen LogP) is 7.35. The number of hydrogen-bond donors (Lipinski definition) is 1. The number of benzene rings is 2. The van der Waals surface area contributed by atoms with Crippen molar-refractivity contribution in [2.45, 2.75) is 42.8 Å². The largest absolute Gasteiger partial charge is 0.503 e. The summed E-state index contributed by atoms with van der Waals surface area (Å²) in [6.07, 6.45) is 1.95. The second-order valence-corrected chi connectivity index (χ2v) is 11.7. The lowest BCUT2D eigenvalue weighted by molar-refractivity contribution is -0.117. The molecule has 8 nitrogen and oxygen atoms in total. The minimum atomic E-state index is -0.933. The summed E-state index contributed by atoms with van der Waals surface area (Å²) in [7, 11) is 0. The van der Waals surface area contributed by atoms with Gasteiger partial charge in [-0.3, -0.25) is 14.5 Å². The molecule has 206 valence electrons. The maximum atomic E-state index is 13.5. The summed E-state index contributed by atoms with van der Waals surface area (Å²) >= 11 is 8.66. The molecule has 0 bridgehead atoms. The van der Waals surface area contributed by atoms with E-state index < -0.39 is 23.5 Å². The predicted molar refractivity (Wildman–Crippen MR) is 155 cm³/mol. The van der Waals surface area contributed by atoms with Crippen molar-refractivity contribution < 1.29 is 23.8 Å². The normalized spacial score (nSPS) is 15.2. The fourth-order valence-electron chi connectivity index (χ4n) is 4.20. The number of furan rings is 1. The van der Waals surface area contributed by atoms with E-state index >= 15 is 0 Å². The molecule has 1 aliphatic rings. The summed E-state index contributed by atoms with van der Waals surface area (Å²) in [4.78, 5) is 28.3. The summed E-state index contributed by atoms with van der Waals surface area (Å²) in [5, 5.41) is 20.4. The number of nitrogens with zero attached hydrogens (tertiary/aromatic N) is 3. The number of aliphatic hydroxyl groups is 1. The molecule has 0 saturated heterocycles. The zero-order valence-corrected chi connectivity index (χ0v) is 24.2. The molecule has 0 saturated carbocycles.